The molecule has 1 fully saturated rings. The average molecular weight is 526 g/mol. The van der Waals surface area contributed by atoms with E-state index in [-0.39, 0.29) is 30.9 Å². The van der Waals surface area contributed by atoms with Crippen LogP contribution in [-0.4, -0.2) is 47.0 Å². The number of carbonyl (C=O) groups excluding carboxylic acids is 3. The maximum atomic E-state index is 13.4. The van der Waals surface area contributed by atoms with Gasteiger partial charge in [-0.3, -0.25) is 9.59 Å². The van der Waals surface area contributed by atoms with E-state index in [1.54, 1.807) is 6.07 Å². The summed E-state index contributed by atoms with van der Waals surface area (Å²) < 4.78 is 11.2. The number of hydrogen-bond acceptors (Lipinski definition) is 6. The molecule has 1 aromatic carbocycles. The summed E-state index contributed by atoms with van der Waals surface area (Å²) in [6.07, 6.45) is 8.64. The van der Waals surface area contributed by atoms with E-state index in [1.807, 2.05) is 39.0 Å². The van der Waals surface area contributed by atoms with Crippen molar-refractivity contribution >= 4 is 17.8 Å². The third-order valence-electron chi connectivity index (χ3n) is 7.37. The van der Waals surface area contributed by atoms with Crippen LogP contribution >= 0.6 is 0 Å². The number of unbranched alkanes of at least 4 members (excludes halogenated alkanes) is 7. The maximum absolute atomic E-state index is 13.4. The average Bonchev–Trinajstić information content (AvgIpc) is 3.50. The summed E-state index contributed by atoms with van der Waals surface area (Å²) in [6, 6.07) is 9.45. The van der Waals surface area contributed by atoms with Crippen molar-refractivity contribution in [3.05, 3.63) is 47.4 Å². The summed E-state index contributed by atoms with van der Waals surface area (Å²) in [4.78, 5) is 40.0. The van der Waals surface area contributed by atoms with Crippen LogP contribution in [0.25, 0.3) is 11.1 Å². The number of aliphatic hydroxyl groups excluding tert-OH is 1. The molecule has 38 heavy (non-hydrogen) atoms. The van der Waals surface area contributed by atoms with E-state index in [9.17, 15) is 14.4 Å². The molecule has 0 aliphatic carbocycles. The molecule has 1 aliphatic heterocycles. The monoisotopic (exact) mass is 525 g/mol. The molecule has 7 nitrogen and oxygen atoms in total. The second kappa shape index (κ2) is 14.3. The first-order chi connectivity index (χ1) is 18.2. The van der Waals surface area contributed by atoms with Crippen LogP contribution in [0, 0.1) is 18.8 Å². The fourth-order valence-corrected chi connectivity index (χ4v) is 4.97. The number of rotatable bonds is 15. The molecule has 3 rings (SSSR count). The van der Waals surface area contributed by atoms with Crippen LogP contribution in [0.15, 0.2) is 34.7 Å². The van der Waals surface area contributed by atoms with Gasteiger partial charge in [-0.1, -0.05) is 82.2 Å². The molecule has 1 saturated heterocycles. The van der Waals surface area contributed by atoms with E-state index in [2.05, 4.69) is 6.07 Å². The zero-order valence-electron chi connectivity index (χ0n) is 23.3. The summed E-state index contributed by atoms with van der Waals surface area (Å²) in [5.74, 6) is -1.11. The molecule has 7 heteroatoms. The number of amides is 2. The van der Waals surface area contributed by atoms with Gasteiger partial charge in [-0.05, 0) is 44.2 Å². The number of hydrogen-bond donors (Lipinski definition) is 1. The van der Waals surface area contributed by atoms with Gasteiger partial charge >= 0.3 is 6.09 Å². The summed E-state index contributed by atoms with van der Waals surface area (Å²) in [5, 5.41) is 8.88. The Kier molecular flexibility index (Phi) is 11.1. The van der Waals surface area contributed by atoms with E-state index < -0.39 is 23.7 Å². The van der Waals surface area contributed by atoms with E-state index in [0.717, 1.165) is 65.9 Å². The normalized spacial score (nSPS) is 16.2. The highest BCUT2D eigenvalue weighted by Gasteiger charge is 2.43. The number of aryl methyl sites for hydroxylation is 2. The molecule has 0 spiro atoms. The molecule has 1 aromatic heterocycles. The van der Waals surface area contributed by atoms with Crippen LogP contribution in [0.3, 0.4) is 0 Å². The van der Waals surface area contributed by atoms with Gasteiger partial charge in [0.25, 0.3) is 0 Å². The Bertz CT molecular complexity index is 1090. The van der Waals surface area contributed by atoms with Crippen molar-refractivity contribution in [1.29, 1.82) is 0 Å². The number of furan rings is 1. The first kappa shape index (κ1) is 29.6. The maximum Gasteiger partial charge on any atom is 0.417 e. The lowest BCUT2D eigenvalue weighted by molar-refractivity contribution is -0.132. The van der Waals surface area contributed by atoms with Gasteiger partial charge < -0.3 is 14.3 Å². The molecule has 1 aliphatic rings. The molecule has 0 bridgehead atoms. The fourth-order valence-electron chi connectivity index (χ4n) is 4.97. The van der Waals surface area contributed by atoms with Crippen molar-refractivity contribution in [1.82, 2.24) is 4.90 Å². The molecule has 2 heterocycles. The summed E-state index contributed by atoms with van der Waals surface area (Å²) in [5.41, 5.74) is 2.97. The molecular weight excluding hydrogens is 482 g/mol. The van der Waals surface area contributed by atoms with Gasteiger partial charge in [0.2, 0.25) is 11.7 Å². The topological polar surface area (TPSA) is 97.1 Å². The number of cyclic esters (lactones) is 1. The second-order valence-electron chi connectivity index (χ2n) is 10.8. The number of Topliss-reactive ketones (excluding diaryl/α,β-unsaturated/α-hetero) is 1. The van der Waals surface area contributed by atoms with Crippen molar-refractivity contribution < 1.29 is 28.6 Å². The summed E-state index contributed by atoms with van der Waals surface area (Å²) in [7, 11) is 0. The SMILES string of the molecule is Cc1cccc(-c2cc(C(=O)C(C)C(=O)N3C(=O)OCC3C(C)C)oc2CCCCCCCCCCO)c1. The Morgan fingerprint density at radius 2 is 1.66 bits per heavy atom. The molecule has 2 atom stereocenters. The standard InChI is InChI=1S/C31H43NO6/c1-21(2)26-20-37-31(36)32(26)30(35)23(4)29(34)28-19-25(24-15-13-14-22(3)18-24)27(38-28)16-11-9-7-5-6-8-10-12-17-33/h13-15,18-19,21,23,26,33H,5-12,16-17,20H2,1-4H3. The Balaban J connectivity index is 1.71. The number of ether oxygens (including phenoxy) is 1. The van der Waals surface area contributed by atoms with Gasteiger partial charge in [0, 0.05) is 18.6 Å². The van der Waals surface area contributed by atoms with Crippen LogP contribution in [0.1, 0.15) is 94.0 Å². The Morgan fingerprint density at radius 1 is 1.00 bits per heavy atom. The minimum Gasteiger partial charge on any atom is -0.457 e. The first-order valence-electron chi connectivity index (χ1n) is 14.1. The van der Waals surface area contributed by atoms with Gasteiger partial charge in [-0.2, -0.15) is 0 Å². The second-order valence-corrected chi connectivity index (χ2v) is 10.8. The molecule has 2 unspecified atom stereocenters. The largest absolute Gasteiger partial charge is 0.457 e. The molecule has 1 N–H and O–H groups in total. The van der Waals surface area contributed by atoms with Crippen molar-refractivity contribution in [2.45, 2.75) is 91.5 Å². The van der Waals surface area contributed by atoms with Crippen LogP contribution in [0.2, 0.25) is 0 Å². The Hall–Kier alpha value is -2.93. The zero-order chi connectivity index (χ0) is 27.7. The zero-order valence-corrected chi connectivity index (χ0v) is 23.3. The van der Waals surface area contributed by atoms with E-state index in [1.165, 1.54) is 19.8 Å². The molecular formula is C31H43NO6. The van der Waals surface area contributed by atoms with Crippen molar-refractivity contribution in [3.8, 4) is 11.1 Å². The van der Waals surface area contributed by atoms with Gasteiger partial charge in [-0.25, -0.2) is 9.69 Å². The fraction of sp³-hybridized carbons (Fsp3) is 0.581. The van der Waals surface area contributed by atoms with E-state index >= 15 is 0 Å². The van der Waals surface area contributed by atoms with Crippen LogP contribution < -0.4 is 0 Å². The predicted octanol–water partition coefficient (Wildman–Crippen LogP) is 6.73. The lowest BCUT2D eigenvalue weighted by atomic mass is 9.97. The molecule has 0 radical (unpaired) electrons. The number of ketones is 1. The quantitative estimate of drug-likeness (QED) is 0.157. The number of carbonyl (C=O) groups is 3. The lowest BCUT2D eigenvalue weighted by Crippen LogP contribution is -2.45. The van der Waals surface area contributed by atoms with Crippen molar-refractivity contribution in [2.24, 2.45) is 11.8 Å². The van der Waals surface area contributed by atoms with Crippen LogP contribution in [0.4, 0.5) is 4.79 Å². The Labute approximate surface area is 226 Å². The highest BCUT2D eigenvalue weighted by atomic mass is 16.6. The van der Waals surface area contributed by atoms with Crippen molar-refractivity contribution in [3.63, 3.8) is 0 Å². The number of aliphatic hydroxyl groups is 1. The third kappa shape index (κ3) is 7.56. The minimum atomic E-state index is -1.06. The number of benzene rings is 1. The predicted molar refractivity (Wildman–Crippen MR) is 147 cm³/mol. The van der Waals surface area contributed by atoms with Gasteiger partial charge in [0.1, 0.15) is 18.3 Å². The van der Waals surface area contributed by atoms with E-state index in [4.69, 9.17) is 14.3 Å². The molecule has 2 amide bonds. The first-order valence-corrected chi connectivity index (χ1v) is 14.1. The van der Waals surface area contributed by atoms with Crippen molar-refractivity contribution in [2.75, 3.05) is 13.2 Å². The lowest BCUT2D eigenvalue weighted by Gasteiger charge is -2.24. The summed E-state index contributed by atoms with van der Waals surface area (Å²) in [6.45, 7) is 7.81. The highest BCUT2D eigenvalue weighted by Crippen LogP contribution is 2.31. The summed E-state index contributed by atoms with van der Waals surface area (Å²) >= 11 is 0. The minimum absolute atomic E-state index is 0.0244. The molecule has 2 aromatic rings. The van der Waals surface area contributed by atoms with Gasteiger partial charge in [0.15, 0.2) is 5.76 Å². The van der Waals surface area contributed by atoms with Crippen LogP contribution in [-0.2, 0) is 16.0 Å². The number of nitrogens with zero attached hydrogens (tertiary/aromatic N) is 1. The molecule has 208 valence electrons. The van der Waals surface area contributed by atoms with E-state index in [0.29, 0.717) is 6.42 Å². The van der Waals surface area contributed by atoms with Gasteiger partial charge in [0.05, 0.1) is 6.04 Å². The smallest absolute Gasteiger partial charge is 0.417 e. The Morgan fingerprint density at radius 3 is 2.29 bits per heavy atom. The van der Waals surface area contributed by atoms with Crippen LogP contribution in [0.5, 0.6) is 0 Å². The third-order valence-corrected chi connectivity index (χ3v) is 7.37. The van der Waals surface area contributed by atoms with Gasteiger partial charge in [-0.15, -0.1) is 0 Å². The number of imide groups is 1. The highest BCUT2D eigenvalue weighted by molar-refractivity contribution is 6.12. The molecule has 0 saturated carbocycles.